The quantitative estimate of drug-likeness (QED) is 0.834. The molecule has 18 heavy (non-hydrogen) atoms. The molecule has 4 rings (SSSR count). The summed E-state index contributed by atoms with van der Waals surface area (Å²) in [6.07, 6.45) is 4.11. The minimum Gasteiger partial charge on any atom is -0.455 e. The molecule has 2 aromatic rings. The van der Waals surface area contributed by atoms with Gasteiger partial charge < -0.3 is 9.52 Å². The van der Waals surface area contributed by atoms with Crippen LogP contribution < -0.4 is 0 Å². The zero-order valence-electron chi connectivity index (χ0n) is 10.0. The van der Waals surface area contributed by atoms with E-state index >= 15 is 0 Å². The van der Waals surface area contributed by atoms with Gasteiger partial charge in [0.1, 0.15) is 11.4 Å². The highest BCUT2D eigenvalue weighted by Crippen LogP contribution is 2.56. The minimum absolute atomic E-state index is 0.267. The van der Waals surface area contributed by atoms with Crippen molar-refractivity contribution in [2.24, 2.45) is 11.8 Å². The molecule has 1 N–H and O–H groups in total. The summed E-state index contributed by atoms with van der Waals surface area (Å²) in [6, 6.07) is 6.68. The Morgan fingerprint density at radius 2 is 2.22 bits per heavy atom. The van der Waals surface area contributed by atoms with E-state index in [1.165, 1.54) is 12.5 Å². The van der Waals surface area contributed by atoms with E-state index in [1.54, 1.807) is 12.1 Å². The normalized spacial score (nSPS) is 34.6. The molecule has 94 valence electrons. The van der Waals surface area contributed by atoms with E-state index in [4.69, 9.17) is 4.42 Å². The topological polar surface area (TPSA) is 33.4 Å². The maximum absolute atomic E-state index is 13.6. The fourth-order valence-electron chi connectivity index (χ4n) is 3.84. The number of benzene rings is 1. The van der Waals surface area contributed by atoms with Crippen molar-refractivity contribution < 1.29 is 13.9 Å². The van der Waals surface area contributed by atoms with Gasteiger partial charge in [-0.05, 0) is 49.7 Å². The lowest BCUT2D eigenvalue weighted by atomic mass is 9.82. The molecule has 0 amide bonds. The van der Waals surface area contributed by atoms with Crippen molar-refractivity contribution in [2.45, 2.75) is 31.3 Å². The predicted octanol–water partition coefficient (Wildman–Crippen LogP) is 3.58. The molecule has 0 radical (unpaired) electrons. The molecule has 2 fully saturated rings. The van der Waals surface area contributed by atoms with Gasteiger partial charge in [-0.1, -0.05) is 12.1 Å². The maximum Gasteiger partial charge on any atom is 0.170 e. The van der Waals surface area contributed by atoms with Gasteiger partial charge in [0.2, 0.25) is 0 Å². The summed E-state index contributed by atoms with van der Waals surface area (Å²) in [5, 5.41) is 11.6. The van der Waals surface area contributed by atoms with Crippen molar-refractivity contribution in [1.82, 2.24) is 0 Å². The second kappa shape index (κ2) is 3.35. The molecule has 3 atom stereocenters. The van der Waals surface area contributed by atoms with Crippen molar-refractivity contribution in [3.8, 4) is 0 Å². The van der Waals surface area contributed by atoms with Crippen LogP contribution in [0.4, 0.5) is 4.39 Å². The standard InChI is InChI=1S/C15H15FO2/c16-12-3-1-2-10-7-13(18-14(10)12)15(17)8-9-4-5-11(15)6-9/h1-3,7,9,11,17H,4-6,8H2. The van der Waals surface area contributed by atoms with E-state index in [9.17, 15) is 9.50 Å². The molecular weight excluding hydrogens is 231 g/mol. The lowest BCUT2D eigenvalue weighted by Crippen LogP contribution is -2.31. The van der Waals surface area contributed by atoms with Crippen LogP contribution in [0, 0.1) is 17.7 Å². The van der Waals surface area contributed by atoms with Gasteiger partial charge in [-0.2, -0.15) is 0 Å². The van der Waals surface area contributed by atoms with Gasteiger partial charge in [-0.25, -0.2) is 4.39 Å². The number of furan rings is 1. The Balaban J connectivity index is 1.85. The van der Waals surface area contributed by atoms with E-state index in [2.05, 4.69) is 0 Å². The molecule has 2 bridgehead atoms. The molecule has 0 spiro atoms. The van der Waals surface area contributed by atoms with Gasteiger partial charge in [0.15, 0.2) is 11.4 Å². The second-order valence-corrected chi connectivity index (χ2v) is 5.77. The van der Waals surface area contributed by atoms with Crippen molar-refractivity contribution in [2.75, 3.05) is 0 Å². The molecule has 1 heterocycles. The molecule has 2 aliphatic rings. The number of aliphatic hydroxyl groups is 1. The number of hydrogen-bond acceptors (Lipinski definition) is 2. The number of halogens is 1. The Kier molecular flexibility index (Phi) is 1.97. The third-order valence-electron chi connectivity index (χ3n) is 4.74. The molecule has 0 saturated heterocycles. The summed E-state index contributed by atoms with van der Waals surface area (Å²) in [5.74, 6) is 1.09. The van der Waals surface area contributed by atoms with Crippen LogP contribution in [0.5, 0.6) is 0 Å². The van der Waals surface area contributed by atoms with E-state index in [0.717, 1.165) is 24.6 Å². The smallest absolute Gasteiger partial charge is 0.170 e. The molecule has 0 aliphatic heterocycles. The monoisotopic (exact) mass is 246 g/mol. The Morgan fingerprint density at radius 3 is 2.89 bits per heavy atom. The molecule has 2 saturated carbocycles. The molecule has 1 aromatic heterocycles. The predicted molar refractivity (Wildman–Crippen MR) is 65.5 cm³/mol. The molecular formula is C15H15FO2. The zero-order valence-corrected chi connectivity index (χ0v) is 10.0. The minimum atomic E-state index is -0.867. The zero-order chi connectivity index (χ0) is 12.3. The van der Waals surface area contributed by atoms with Gasteiger partial charge in [-0.15, -0.1) is 0 Å². The number of hydrogen-bond donors (Lipinski definition) is 1. The first kappa shape index (κ1) is 10.6. The summed E-state index contributed by atoms with van der Waals surface area (Å²) < 4.78 is 19.2. The van der Waals surface area contributed by atoms with Crippen LogP contribution in [-0.2, 0) is 5.60 Å². The first-order chi connectivity index (χ1) is 8.67. The summed E-state index contributed by atoms with van der Waals surface area (Å²) in [4.78, 5) is 0. The highest BCUT2D eigenvalue weighted by molar-refractivity contribution is 5.78. The largest absolute Gasteiger partial charge is 0.455 e. The maximum atomic E-state index is 13.6. The van der Waals surface area contributed by atoms with Crippen LogP contribution in [-0.4, -0.2) is 5.11 Å². The van der Waals surface area contributed by atoms with Crippen molar-refractivity contribution >= 4 is 11.0 Å². The molecule has 2 aliphatic carbocycles. The van der Waals surface area contributed by atoms with Crippen molar-refractivity contribution in [1.29, 1.82) is 0 Å². The fraction of sp³-hybridized carbons (Fsp3) is 0.467. The van der Waals surface area contributed by atoms with Crippen LogP contribution in [0.2, 0.25) is 0 Å². The Bertz CT molecular complexity index is 618. The van der Waals surface area contributed by atoms with E-state index in [1.807, 2.05) is 6.07 Å². The first-order valence-corrected chi connectivity index (χ1v) is 6.58. The Morgan fingerprint density at radius 1 is 1.33 bits per heavy atom. The lowest BCUT2D eigenvalue weighted by Gasteiger charge is -2.30. The average Bonchev–Trinajstić information content (AvgIpc) is 3.00. The summed E-state index contributed by atoms with van der Waals surface area (Å²) >= 11 is 0. The van der Waals surface area contributed by atoms with Crippen LogP contribution in [0.1, 0.15) is 31.4 Å². The lowest BCUT2D eigenvalue weighted by molar-refractivity contribution is -0.0356. The van der Waals surface area contributed by atoms with Crippen LogP contribution >= 0.6 is 0 Å². The fourth-order valence-corrected chi connectivity index (χ4v) is 3.84. The summed E-state index contributed by atoms with van der Waals surface area (Å²) in [5.41, 5.74) is -0.599. The number of fused-ring (bicyclic) bond motifs is 3. The Labute approximate surface area is 104 Å². The van der Waals surface area contributed by atoms with E-state index < -0.39 is 5.60 Å². The molecule has 2 nitrogen and oxygen atoms in total. The van der Waals surface area contributed by atoms with Crippen LogP contribution in [0.15, 0.2) is 28.7 Å². The summed E-state index contributed by atoms with van der Waals surface area (Å²) in [6.45, 7) is 0. The third-order valence-corrected chi connectivity index (χ3v) is 4.74. The molecule has 1 aromatic carbocycles. The summed E-state index contributed by atoms with van der Waals surface area (Å²) in [7, 11) is 0. The first-order valence-electron chi connectivity index (χ1n) is 6.58. The van der Waals surface area contributed by atoms with Crippen LogP contribution in [0.25, 0.3) is 11.0 Å². The third kappa shape index (κ3) is 1.25. The van der Waals surface area contributed by atoms with Gasteiger partial charge >= 0.3 is 0 Å². The van der Waals surface area contributed by atoms with E-state index in [0.29, 0.717) is 11.7 Å². The van der Waals surface area contributed by atoms with Gasteiger partial charge in [-0.3, -0.25) is 0 Å². The van der Waals surface area contributed by atoms with Crippen LogP contribution in [0.3, 0.4) is 0 Å². The average molecular weight is 246 g/mol. The van der Waals surface area contributed by atoms with Gasteiger partial charge in [0.05, 0.1) is 0 Å². The Hall–Kier alpha value is -1.35. The molecule has 3 heteroatoms. The highest BCUT2D eigenvalue weighted by atomic mass is 19.1. The number of para-hydroxylation sites is 1. The van der Waals surface area contributed by atoms with Gasteiger partial charge in [0, 0.05) is 5.39 Å². The highest BCUT2D eigenvalue weighted by Gasteiger charge is 2.52. The second-order valence-electron chi connectivity index (χ2n) is 5.77. The van der Waals surface area contributed by atoms with Crippen molar-refractivity contribution in [3.05, 3.63) is 35.8 Å². The number of rotatable bonds is 1. The SMILES string of the molecule is OC1(c2cc3cccc(F)c3o2)CC2CCC1C2. The van der Waals surface area contributed by atoms with Crippen molar-refractivity contribution in [3.63, 3.8) is 0 Å². The van der Waals surface area contributed by atoms with Gasteiger partial charge in [0.25, 0.3) is 0 Å². The molecule has 3 unspecified atom stereocenters. The van der Waals surface area contributed by atoms with E-state index in [-0.39, 0.29) is 17.3 Å².